The summed E-state index contributed by atoms with van der Waals surface area (Å²) in [7, 11) is -4.19. The molecule has 8 nitrogen and oxygen atoms in total. The van der Waals surface area contributed by atoms with E-state index in [-0.39, 0.29) is 4.90 Å². The fraction of sp³-hybridized carbons (Fsp3) is 0.259. The van der Waals surface area contributed by atoms with E-state index in [1.807, 2.05) is 4.90 Å². The Bertz CT molecular complexity index is 1420. The monoisotopic (exact) mass is 556 g/mol. The van der Waals surface area contributed by atoms with E-state index in [0.29, 0.717) is 41.8 Å². The maximum atomic E-state index is 13.0. The molecule has 0 aromatic heterocycles. The Balaban J connectivity index is 1.60. The molecule has 4 rings (SSSR count). The molecule has 3 aromatic carbocycles. The lowest BCUT2D eigenvalue weighted by molar-refractivity contribution is -0.274. The summed E-state index contributed by atoms with van der Waals surface area (Å²) in [6.45, 7) is 0. The highest BCUT2D eigenvalue weighted by atomic mass is 32.2. The number of rotatable bonds is 7. The van der Waals surface area contributed by atoms with Crippen LogP contribution in [-0.2, 0) is 10.0 Å². The fourth-order valence-corrected chi connectivity index (χ4v) is 5.87. The zero-order chi connectivity index (χ0) is 28.2. The quantitative estimate of drug-likeness (QED) is 0.431. The third-order valence-electron chi connectivity index (χ3n) is 6.38. The van der Waals surface area contributed by atoms with Crippen molar-refractivity contribution in [3.63, 3.8) is 0 Å². The molecule has 12 heteroatoms. The SMILES string of the molecule is N#Cc1ccc(N(c2ccc(C#N)cc2)[C@@H]2CCC[C@H](NS(=O)(=O)c3ccc(OC(F)(F)F)cc3)[C@H]2O)cc1. The van der Waals surface area contributed by atoms with Crippen LogP contribution in [0.4, 0.5) is 24.5 Å². The number of halogens is 3. The molecule has 1 aliphatic rings. The van der Waals surface area contributed by atoms with E-state index in [4.69, 9.17) is 0 Å². The van der Waals surface area contributed by atoms with Gasteiger partial charge in [-0.1, -0.05) is 0 Å². The molecule has 1 aliphatic carbocycles. The van der Waals surface area contributed by atoms with Crippen LogP contribution in [0.2, 0.25) is 0 Å². The average Bonchev–Trinajstić information content (AvgIpc) is 2.91. The van der Waals surface area contributed by atoms with E-state index in [1.165, 1.54) is 0 Å². The van der Waals surface area contributed by atoms with Gasteiger partial charge < -0.3 is 14.7 Å². The van der Waals surface area contributed by atoms with Crippen molar-refractivity contribution in [1.82, 2.24) is 4.72 Å². The second-order valence-electron chi connectivity index (χ2n) is 8.92. The molecular formula is C27H23F3N4O4S. The lowest BCUT2D eigenvalue weighted by Gasteiger charge is -2.42. The highest BCUT2D eigenvalue weighted by Gasteiger charge is 2.39. The Labute approximate surface area is 223 Å². The standard InChI is InChI=1S/C27H23F3N4O4S/c28-27(29,30)38-22-12-14-23(15-13-22)39(36,37)33-24-2-1-3-25(26(24)35)34(20-8-4-18(16-31)5-9-20)21-10-6-19(17-32)7-11-21/h4-15,24-26,33,35H,1-3H2/t24-,25+,26+/m0/s1. The number of sulfonamides is 1. The zero-order valence-corrected chi connectivity index (χ0v) is 21.2. The highest BCUT2D eigenvalue weighted by molar-refractivity contribution is 7.89. The summed E-state index contributed by atoms with van der Waals surface area (Å²) in [5.74, 6) is -0.556. The molecule has 1 fully saturated rings. The molecule has 0 aliphatic heterocycles. The van der Waals surface area contributed by atoms with E-state index in [9.17, 15) is 37.2 Å². The van der Waals surface area contributed by atoms with Crippen LogP contribution in [0.15, 0.2) is 77.7 Å². The molecule has 0 spiro atoms. The number of nitrogens with one attached hydrogen (secondary N) is 1. The second kappa shape index (κ2) is 11.3. The van der Waals surface area contributed by atoms with Crippen molar-refractivity contribution in [3.8, 4) is 17.9 Å². The first-order chi connectivity index (χ1) is 18.5. The Hall–Kier alpha value is -4.10. The highest BCUT2D eigenvalue weighted by Crippen LogP contribution is 2.35. The first-order valence-corrected chi connectivity index (χ1v) is 13.3. The number of nitriles is 2. The van der Waals surface area contributed by atoms with Gasteiger partial charge >= 0.3 is 6.36 Å². The largest absolute Gasteiger partial charge is 0.573 e. The minimum absolute atomic E-state index is 0.276. The Kier molecular flexibility index (Phi) is 8.11. The molecule has 1 saturated carbocycles. The van der Waals surface area contributed by atoms with Crippen LogP contribution in [0, 0.1) is 22.7 Å². The van der Waals surface area contributed by atoms with Crippen molar-refractivity contribution in [3.05, 3.63) is 83.9 Å². The smallest absolute Gasteiger partial charge is 0.406 e. The molecule has 2 N–H and O–H groups in total. The summed E-state index contributed by atoms with van der Waals surface area (Å²) < 4.78 is 69.7. The van der Waals surface area contributed by atoms with Gasteiger partial charge in [0.25, 0.3) is 0 Å². The number of aliphatic hydroxyl groups excluding tert-OH is 1. The lowest BCUT2D eigenvalue weighted by Crippen LogP contribution is -2.55. The first-order valence-electron chi connectivity index (χ1n) is 11.9. The molecule has 0 amide bonds. The van der Waals surface area contributed by atoms with E-state index in [0.717, 1.165) is 24.3 Å². The topological polar surface area (TPSA) is 126 Å². The molecule has 0 unspecified atom stereocenters. The van der Waals surface area contributed by atoms with Crippen molar-refractivity contribution in [2.24, 2.45) is 0 Å². The number of anilines is 2. The summed E-state index contributed by atoms with van der Waals surface area (Å²) in [6, 6.07) is 19.9. The fourth-order valence-electron chi connectivity index (χ4n) is 4.58. The molecule has 0 saturated heterocycles. The predicted molar refractivity (Wildman–Crippen MR) is 135 cm³/mol. The van der Waals surface area contributed by atoms with E-state index in [1.54, 1.807) is 48.5 Å². The van der Waals surface area contributed by atoms with Crippen LogP contribution < -0.4 is 14.4 Å². The minimum atomic E-state index is -4.91. The lowest BCUT2D eigenvalue weighted by atomic mass is 9.87. The number of hydrogen-bond donors (Lipinski definition) is 2. The Morgan fingerprint density at radius 3 is 1.85 bits per heavy atom. The Morgan fingerprint density at radius 2 is 1.38 bits per heavy atom. The van der Waals surface area contributed by atoms with Crippen LogP contribution in [0.3, 0.4) is 0 Å². The van der Waals surface area contributed by atoms with Gasteiger partial charge in [-0.05, 0) is 92.1 Å². The minimum Gasteiger partial charge on any atom is -0.406 e. The molecule has 202 valence electrons. The van der Waals surface area contributed by atoms with Gasteiger partial charge in [0, 0.05) is 11.4 Å². The van der Waals surface area contributed by atoms with E-state index in [2.05, 4.69) is 21.6 Å². The normalized spacial score (nSPS) is 19.5. The van der Waals surface area contributed by atoms with Gasteiger partial charge in [0.15, 0.2) is 0 Å². The van der Waals surface area contributed by atoms with Crippen LogP contribution in [0.5, 0.6) is 5.75 Å². The van der Waals surface area contributed by atoms with Crippen molar-refractivity contribution < 1.29 is 31.4 Å². The van der Waals surface area contributed by atoms with Crippen LogP contribution in [-0.4, -0.2) is 38.1 Å². The number of nitrogens with zero attached hydrogens (tertiary/aromatic N) is 3. The second-order valence-corrected chi connectivity index (χ2v) is 10.6. The zero-order valence-electron chi connectivity index (χ0n) is 20.3. The molecule has 3 atom stereocenters. The summed E-state index contributed by atoms with van der Waals surface area (Å²) >= 11 is 0. The van der Waals surface area contributed by atoms with Crippen molar-refractivity contribution in [1.29, 1.82) is 10.5 Å². The van der Waals surface area contributed by atoms with Gasteiger partial charge in [-0.15, -0.1) is 13.2 Å². The number of hydrogen-bond acceptors (Lipinski definition) is 7. The molecule has 0 heterocycles. The molecule has 0 bridgehead atoms. The van der Waals surface area contributed by atoms with E-state index >= 15 is 0 Å². The summed E-state index contributed by atoms with van der Waals surface area (Å²) in [5.41, 5.74) is 2.21. The maximum absolute atomic E-state index is 13.0. The van der Waals surface area contributed by atoms with Gasteiger partial charge in [0.2, 0.25) is 10.0 Å². The third-order valence-corrected chi connectivity index (χ3v) is 7.88. The summed E-state index contributed by atoms with van der Waals surface area (Å²) in [4.78, 5) is 1.57. The van der Waals surface area contributed by atoms with Crippen molar-refractivity contribution in [2.45, 2.75) is 48.7 Å². The van der Waals surface area contributed by atoms with Gasteiger partial charge in [-0.2, -0.15) is 10.5 Å². The molecule has 3 aromatic rings. The van der Waals surface area contributed by atoms with E-state index < -0.39 is 40.3 Å². The van der Waals surface area contributed by atoms with Gasteiger partial charge in [0.1, 0.15) is 5.75 Å². The summed E-state index contributed by atoms with van der Waals surface area (Å²) in [5, 5.41) is 29.7. The predicted octanol–water partition coefficient (Wildman–Crippen LogP) is 4.73. The first kappa shape index (κ1) is 27.9. The van der Waals surface area contributed by atoms with Crippen molar-refractivity contribution >= 4 is 21.4 Å². The number of alkyl halides is 3. The maximum Gasteiger partial charge on any atom is 0.573 e. The van der Waals surface area contributed by atoms with Gasteiger partial charge in [-0.3, -0.25) is 0 Å². The summed E-state index contributed by atoms with van der Waals surface area (Å²) in [6.07, 6.45) is -4.66. The van der Waals surface area contributed by atoms with Gasteiger partial charge in [-0.25, -0.2) is 13.1 Å². The average molecular weight is 557 g/mol. The third kappa shape index (κ3) is 6.67. The molecule has 39 heavy (non-hydrogen) atoms. The van der Waals surface area contributed by atoms with Crippen LogP contribution in [0.1, 0.15) is 30.4 Å². The van der Waals surface area contributed by atoms with Crippen molar-refractivity contribution in [2.75, 3.05) is 4.90 Å². The number of aliphatic hydroxyl groups is 1. The Morgan fingerprint density at radius 1 is 0.872 bits per heavy atom. The van der Waals surface area contributed by atoms with Crippen LogP contribution in [0.25, 0.3) is 0 Å². The number of benzene rings is 3. The van der Waals surface area contributed by atoms with Crippen LogP contribution >= 0.6 is 0 Å². The number of ether oxygens (including phenoxy) is 1. The molecular weight excluding hydrogens is 533 g/mol. The van der Waals surface area contributed by atoms with Gasteiger partial charge in [0.05, 0.1) is 46.3 Å². The molecule has 0 radical (unpaired) electrons.